The van der Waals surface area contributed by atoms with Gasteiger partial charge in [-0.1, -0.05) is 0 Å². The average molecular weight is 244 g/mol. The number of anilines is 4. The normalized spacial score (nSPS) is 9.94. The summed E-state index contributed by atoms with van der Waals surface area (Å²) in [5.41, 5.74) is 4.59. The number of hydrazine groups is 1. The van der Waals surface area contributed by atoms with Gasteiger partial charge in [0.05, 0.1) is 0 Å². The van der Waals surface area contributed by atoms with Crippen molar-refractivity contribution < 1.29 is 0 Å². The lowest BCUT2D eigenvalue weighted by atomic mass is 10.2. The van der Waals surface area contributed by atoms with Crippen LogP contribution in [0.15, 0.2) is 36.7 Å². The first-order valence-electron chi connectivity index (χ1n) is 5.52. The van der Waals surface area contributed by atoms with Gasteiger partial charge in [0.1, 0.15) is 18.0 Å². The Kier molecular flexibility index (Phi) is 3.59. The second kappa shape index (κ2) is 5.33. The van der Waals surface area contributed by atoms with Crippen molar-refractivity contribution in [3.8, 4) is 0 Å². The van der Waals surface area contributed by atoms with E-state index in [2.05, 4.69) is 20.7 Å². The van der Waals surface area contributed by atoms with Crippen LogP contribution in [-0.2, 0) is 0 Å². The van der Waals surface area contributed by atoms with E-state index in [1.165, 1.54) is 6.33 Å². The minimum absolute atomic E-state index is 0.567. The van der Waals surface area contributed by atoms with Gasteiger partial charge in [-0.25, -0.2) is 15.8 Å². The lowest BCUT2D eigenvalue weighted by Gasteiger charge is -2.13. The van der Waals surface area contributed by atoms with E-state index in [1.54, 1.807) is 6.07 Å². The molecular formula is C12H16N6. The molecule has 0 radical (unpaired) electrons. The van der Waals surface area contributed by atoms with Gasteiger partial charge in [0, 0.05) is 31.5 Å². The molecule has 0 aliphatic carbocycles. The standard InChI is InChI=1S/C12H16N6/c1-18(2)10-5-3-9(4-6-10)16-11-7-12(17-13)15-8-14-11/h3-8H,13H2,1-2H3,(H2,14,15,16,17). The number of hydrogen-bond acceptors (Lipinski definition) is 6. The third-order valence-corrected chi connectivity index (χ3v) is 2.47. The molecule has 0 atom stereocenters. The second-order valence-electron chi connectivity index (χ2n) is 4.00. The zero-order valence-corrected chi connectivity index (χ0v) is 10.4. The summed E-state index contributed by atoms with van der Waals surface area (Å²) in [7, 11) is 4.01. The van der Waals surface area contributed by atoms with E-state index in [9.17, 15) is 0 Å². The molecule has 2 rings (SSSR count). The number of nitrogens with one attached hydrogen (secondary N) is 2. The first kappa shape index (κ1) is 12.1. The monoisotopic (exact) mass is 244 g/mol. The zero-order valence-electron chi connectivity index (χ0n) is 10.4. The number of nitrogen functional groups attached to an aromatic ring is 1. The maximum atomic E-state index is 5.29. The van der Waals surface area contributed by atoms with Crippen LogP contribution in [0.2, 0.25) is 0 Å². The molecule has 1 heterocycles. The van der Waals surface area contributed by atoms with E-state index in [0.717, 1.165) is 11.4 Å². The van der Waals surface area contributed by atoms with E-state index < -0.39 is 0 Å². The summed E-state index contributed by atoms with van der Waals surface area (Å²) in [6.45, 7) is 0. The Morgan fingerprint density at radius 1 is 1.06 bits per heavy atom. The Hall–Kier alpha value is -2.34. The fourth-order valence-corrected chi connectivity index (χ4v) is 1.50. The molecular weight excluding hydrogens is 228 g/mol. The SMILES string of the molecule is CN(C)c1ccc(Nc2cc(NN)ncn2)cc1. The highest BCUT2D eigenvalue weighted by Gasteiger charge is 1.99. The smallest absolute Gasteiger partial charge is 0.145 e. The van der Waals surface area contributed by atoms with Crippen molar-refractivity contribution in [2.24, 2.45) is 5.84 Å². The topological polar surface area (TPSA) is 79.1 Å². The highest BCUT2D eigenvalue weighted by Crippen LogP contribution is 2.19. The summed E-state index contributed by atoms with van der Waals surface area (Å²) >= 11 is 0. The van der Waals surface area contributed by atoms with Gasteiger partial charge in [-0.05, 0) is 24.3 Å². The molecule has 1 aromatic carbocycles. The van der Waals surface area contributed by atoms with Crippen molar-refractivity contribution in [3.63, 3.8) is 0 Å². The van der Waals surface area contributed by atoms with E-state index >= 15 is 0 Å². The predicted octanol–water partition coefficient (Wildman–Crippen LogP) is 1.57. The van der Waals surface area contributed by atoms with Crippen LogP contribution in [0.4, 0.5) is 23.0 Å². The number of nitrogens with zero attached hydrogens (tertiary/aromatic N) is 3. The van der Waals surface area contributed by atoms with Crippen molar-refractivity contribution >= 4 is 23.0 Å². The van der Waals surface area contributed by atoms with Gasteiger partial charge in [0.25, 0.3) is 0 Å². The predicted molar refractivity (Wildman–Crippen MR) is 73.9 cm³/mol. The Labute approximate surface area is 106 Å². The van der Waals surface area contributed by atoms with Crippen LogP contribution in [0.25, 0.3) is 0 Å². The maximum absolute atomic E-state index is 5.29. The first-order chi connectivity index (χ1) is 8.69. The summed E-state index contributed by atoms with van der Waals surface area (Å²) < 4.78 is 0. The highest BCUT2D eigenvalue weighted by molar-refractivity contribution is 5.61. The highest BCUT2D eigenvalue weighted by atomic mass is 15.3. The Morgan fingerprint density at radius 2 is 1.72 bits per heavy atom. The summed E-state index contributed by atoms with van der Waals surface area (Å²) in [6.07, 6.45) is 1.45. The maximum Gasteiger partial charge on any atom is 0.145 e. The van der Waals surface area contributed by atoms with Gasteiger partial charge in [0.15, 0.2) is 0 Å². The van der Waals surface area contributed by atoms with E-state index in [0.29, 0.717) is 11.6 Å². The van der Waals surface area contributed by atoms with Crippen LogP contribution in [0.1, 0.15) is 0 Å². The molecule has 0 unspecified atom stereocenters. The molecule has 0 bridgehead atoms. The summed E-state index contributed by atoms with van der Waals surface area (Å²) in [5, 5.41) is 3.18. The number of aromatic nitrogens is 2. The quantitative estimate of drug-likeness (QED) is 0.559. The fraction of sp³-hybridized carbons (Fsp3) is 0.167. The Morgan fingerprint density at radius 3 is 2.33 bits per heavy atom. The van der Waals surface area contributed by atoms with Crippen molar-refractivity contribution in [2.45, 2.75) is 0 Å². The lowest BCUT2D eigenvalue weighted by Crippen LogP contribution is -2.09. The third kappa shape index (κ3) is 2.86. The third-order valence-electron chi connectivity index (χ3n) is 2.47. The second-order valence-corrected chi connectivity index (χ2v) is 4.00. The minimum atomic E-state index is 0.567. The van der Waals surface area contributed by atoms with Gasteiger partial charge < -0.3 is 15.6 Å². The fourth-order valence-electron chi connectivity index (χ4n) is 1.50. The van der Waals surface area contributed by atoms with E-state index in [-0.39, 0.29) is 0 Å². The molecule has 0 amide bonds. The van der Waals surface area contributed by atoms with Crippen molar-refractivity contribution in [2.75, 3.05) is 29.7 Å². The molecule has 1 aromatic heterocycles. The van der Waals surface area contributed by atoms with Crippen LogP contribution < -0.4 is 21.5 Å². The summed E-state index contributed by atoms with van der Waals surface area (Å²) in [6, 6.07) is 9.79. The molecule has 0 aliphatic rings. The van der Waals surface area contributed by atoms with Crippen LogP contribution in [0.5, 0.6) is 0 Å². The van der Waals surface area contributed by atoms with Gasteiger partial charge in [-0.3, -0.25) is 0 Å². The van der Waals surface area contributed by atoms with Gasteiger partial charge in [0.2, 0.25) is 0 Å². The molecule has 0 saturated heterocycles. The minimum Gasteiger partial charge on any atom is -0.378 e. The first-order valence-corrected chi connectivity index (χ1v) is 5.52. The largest absolute Gasteiger partial charge is 0.378 e. The van der Waals surface area contributed by atoms with Crippen LogP contribution in [0.3, 0.4) is 0 Å². The number of nitrogens with two attached hydrogens (primary N) is 1. The van der Waals surface area contributed by atoms with Crippen LogP contribution >= 0.6 is 0 Å². The molecule has 6 heteroatoms. The Balaban J connectivity index is 2.13. The molecule has 0 spiro atoms. The zero-order chi connectivity index (χ0) is 13.0. The molecule has 18 heavy (non-hydrogen) atoms. The van der Waals surface area contributed by atoms with Gasteiger partial charge in [-0.2, -0.15) is 0 Å². The molecule has 0 saturated carbocycles. The van der Waals surface area contributed by atoms with Crippen molar-refractivity contribution in [3.05, 3.63) is 36.7 Å². The number of benzene rings is 1. The average Bonchev–Trinajstić information content (AvgIpc) is 2.39. The molecule has 0 fully saturated rings. The Bertz CT molecular complexity index is 508. The van der Waals surface area contributed by atoms with Crippen molar-refractivity contribution in [1.29, 1.82) is 0 Å². The lowest BCUT2D eigenvalue weighted by molar-refractivity contribution is 1.13. The summed E-state index contributed by atoms with van der Waals surface area (Å²) in [5.74, 6) is 6.55. The van der Waals surface area contributed by atoms with Crippen molar-refractivity contribution in [1.82, 2.24) is 9.97 Å². The molecule has 94 valence electrons. The molecule has 2 aromatic rings. The van der Waals surface area contributed by atoms with Gasteiger partial charge >= 0.3 is 0 Å². The van der Waals surface area contributed by atoms with Crippen LogP contribution in [0, 0.1) is 0 Å². The molecule has 4 N–H and O–H groups in total. The molecule has 0 aliphatic heterocycles. The number of rotatable bonds is 4. The summed E-state index contributed by atoms with van der Waals surface area (Å²) in [4.78, 5) is 10.1. The molecule has 6 nitrogen and oxygen atoms in total. The number of hydrogen-bond donors (Lipinski definition) is 3. The van der Waals surface area contributed by atoms with E-state index in [1.807, 2.05) is 43.3 Å². The van der Waals surface area contributed by atoms with Gasteiger partial charge in [-0.15, -0.1) is 0 Å². The van der Waals surface area contributed by atoms with Crippen LogP contribution in [-0.4, -0.2) is 24.1 Å². The van der Waals surface area contributed by atoms with E-state index in [4.69, 9.17) is 5.84 Å².